The lowest BCUT2D eigenvalue weighted by atomic mass is 9.95. The monoisotopic (exact) mass is 270 g/mol. The van der Waals surface area contributed by atoms with Gasteiger partial charge in [-0.05, 0) is 33.1 Å². The largest absolute Gasteiger partial charge is 0.481 e. The Bertz CT molecular complexity index is 366. The zero-order valence-corrected chi connectivity index (χ0v) is 11.5. The Morgan fingerprint density at radius 2 is 2.21 bits per heavy atom. The molecule has 19 heavy (non-hydrogen) atoms. The summed E-state index contributed by atoms with van der Waals surface area (Å²) in [5.74, 6) is -1.28. The standard InChI is InChI=1S/C13H22N2O4/c1-9-10(11(16)17)4-6-15(9)12(18)14-13(2)5-3-7-19-8-13/h9-10H,3-8H2,1-2H3,(H,14,18)(H,16,17). The fourth-order valence-corrected chi connectivity index (χ4v) is 2.92. The Kier molecular flexibility index (Phi) is 3.99. The van der Waals surface area contributed by atoms with Crippen LogP contribution >= 0.6 is 0 Å². The number of carboxylic acids is 1. The van der Waals surface area contributed by atoms with Gasteiger partial charge in [0.05, 0.1) is 18.1 Å². The summed E-state index contributed by atoms with van der Waals surface area (Å²) in [5.41, 5.74) is -0.337. The number of nitrogens with one attached hydrogen (secondary N) is 1. The van der Waals surface area contributed by atoms with Crippen LogP contribution in [-0.2, 0) is 9.53 Å². The lowest BCUT2D eigenvalue weighted by Gasteiger charge is -2.36. The molecule has 0 saturated carbocycles. The Balaban J connectivity index is 1.95. The summed E-state index contributed by atoms with van der Waals surface area (Å²) in [5, 5.41) is 12.1. The number of likely N-dealkylation sites (tertiary alicyclic amines) is 1. The third-order valence-corrected chi connectivity index (χ3v) is 4.18. The van der Waals surface area contributed by atoms with Gasteiger partial charge in [-0.15, -0.1) is 0 Å². The Morgan fingerprint density at radius 1 is 1.47 bits per heavy atom. The zero-order valence-electron chi connectivity index (χ0n) is 11.5. The van der Waals surface area contributed by atoms with Crippen LogP contribution in [0.5, 0.6) is 0 Å². The van der Waals surface area contributed by atoms with Crippen LogP contribution in [0.1, 0.15) is 33.1 Å². The Hall–Kier alpha value is -1.30. The molecule has 0 aromatic carbocycles. The summed E-state index contributed by atoms with van der Waals surface area (Å²) in [4.78, 5) is 24.9. The molecule has 2 aliphatic heterocycles. The maximum Gasteiger partial charge on any atom is 0.318 e. The van der Waals surface area contributed by atoms with E-state index in [9.17, 15) is 9.59 Å². The van der Waals surface area contributed by atoms with Gasteiger partial charge in [0.2, 0.25) is 0 Å². The third kappa shape index (κ3) is 3.00. The maximum absolute atomic E-state index is 12.3. The normalized spacial score (nSPS) is 35.2. The number of ether oxygens (including phenoxy) is 1. The first-order valence-electron chi connectivity index (χ1n) is 6.82. The van der Waals surface area contributed by atoms with Crippen LogP contribution < -0.4 is 5.32 Å². The van der Waals surface area contributed by atoms with E-state index >= 15 is 0 Å². The first-order valence-corrected chi connectivity index (χ1v) is 6.82. The summed E-state index contributed by atoms with van der Waals surface area (Å²) < 4.78 is 5.41. The highest BCUT2D eigenvalue weighted by Gasteiger charge is 2.40. The van der Waals surface area contributed by atoms with Crippen LogP contribution in [0.3, 0.4) is 0 Å². The minimum Gasteiger partial charge on any atom is -0.481 e. The van der Waals surface area contributed by atoms with Crippen molar-refractivity contribution in [2.45, 2.75) is 44.7 Å². The number of amides is 2. The van der Waals surface area contributed by atoms with Crippen molar-refractivity contribution >= 4 is 12.0 Å². The molecular weight excluding hydrogens is 248 g/mol. The molecule has 2 saturated heterocycles. The van der Waals surface area contributed by atoms with Crippen LogP contribution in [0.15, 0.2) is 0 Å². The molecule has 0 bridgehead atoms. The molecule has 2 heterocycles. The van der Waals surface area contributed by atoms with E-state index in [1.165, 1.54) is 0 Å². The second kappa shape index (κ2) is 5.36. The molecule has 3 unspecified atom stereocenters. The average molecular weight is 270 g/mol. The van der Waals surface area contributed by atoms with E-state index in [0.717, 1.165) is 19.4 Å². The van der Waals surface area contributed by atoms with Crippen molar-refractivity contribution in [3.63, 3.8) is 0 Å². The van der Waals surface area contributed by atoms with Crippen molar-refractivity contribution in [1.29, 1.82) is 0 Å². The van der Waals surface area contributed by atoms with Gasteiger partial charge in [-0.2, -0.15) is 0 Å². The summed E-state index contributed by atoms with van der Waals surface area (Å²) in [6.07, 6.45) is 2.35. The molecule has 2 aliphatic rings. The Morgan fingerprint density at radius 3 is 2.74 bits per heavy atom. The summed E-state index contributed by atoms with van der Waals surface area (Å²) in [6.45, 7) is 5.53. The van der Waals surface area contributed by atoms with Gasteiger partial charge in [0.15, 0.2) is 0 Å². The number of urea groups is 1. The highest BCUT2D eigenvalue weighted by Crippen LogP contribution is 2.25. The molecule has 2 rings (SSSR count). The fourth-order valence-electron chi connectivity index (χ4n) is 2.92. The number of aliphatic carboxylic acids is 1. The quantitative estimate of drug-likeness (QED) is 0.786. The van der Waals surface area contributed by atoms with Crippen LogP contribution in [-0.4, -0.2) is 53.3 Å². The van der Waals surface area contributed by atoms with Gasteiger partial charge in [0.25, 0.3) is 0 Å². The molecule has 108 valence electrons. The van der Waals surface area contributed by atoms with Crippen molar-refractivity contribution in [2.24, 2.45) is 5.92 Å². The molecule has 3 atom stereocenters. The van der Waals surface area contributed by atoms with E-state index in [1.807, 2.05) is 6.92 Å². The lowest BCUT2D eigenvalue weighted by Crippen LogP contribution is -2.56. The van der Waals surface area contributed by atoms with E-state index in [2.05, 4.69) is 5.32 Å². The summed E-state index contributed by atoms with van der Waals surface area (Å²) in [6, 6.07) is -0.435. The molecule has 2 N–H and O–H groups in total. The van der Waals surface area contributed by atoms with E-state index in [4.69, 9.17) is 9.84 Å². The maximum atomic E-state index is 12.3. The van der Waals surface area contributed by atoms with Crippen molar-refractivity contribution in [3.8, 4) is 0 Å². The second-order valence-corrected chi connectivity index (χ2v) is 5.81. The molecular formula is C13H22N2O4. The SMILES string of the molecule is CC1C(C(=O)O)CCN1C(=O)NC1(C)CCCOC1. The van der Waals surface area contributed by atoms with Gasteiger partial charge in [0, 0.05) is 19.2 Å². The topological polar surface area (TPSA) is 78.9 Å². The molecule has 0 aromatic rings. The van der Waals surface area contributed by atoms with Crippen LogP contribution in [0.2, 0.25) is 0 Å². The minimum absolute atomic E-state index is 0.177. The molecule has 0 radical (unpaired) electrons. The van der Waals surface area contributed by atoms with Crippen LogP contribution in [0.4, 0.5) is 4.79 Å². The number of hydrogen-bond donors (Lipinski definition) is 2. The van der Waals surface area contributed by atoms with E-state index in [-0.39, 0.29) is 17.6 Å². The number of rotatable bonds is 2. The van der Waals surface area contributed by atoms with Gasteiger partial charge in [-0.25, -0.2) is 4.79 Å². The fraction of sp³-hybridized carbons (Fsp3) is 0.846. The van der Waals surface area contributed by atoms with Crippen molar-refractivity contribution in [3.05, 3.63) is 0 Å². The number of nitrogens with zero attached hydrogens (tertiary/aromatic N) is 1. The Labute approximate surface area is 113 Å². The smallest absolute Gasteiger partial charge is 0.318 e. The van der Waals surface area contributed by atoms with Crippen LogP contribution in [0, 0.1) is 5.92 Å². The minimum atomic E-state index is -0.824. The van der Waals surface area contributed by atoms with Gasteiger partial charge < -0.3 is 20.1 Å². The number of carbonyl (C=O) groups is 2. The van der Waals surface area contributed by atoms with Gasteiger partial charge in [0.1, 0.15) is 0 Å². The van der Waals surface area contributed by atoms with Crippen LogP contribution in [0.25, 0.3) is 0 Å². The van der Waals surface area contributed by atoms with E-state index in [0.29, 0.717) is 19.6 Å². The van der Waals surface area contributed by atoms with Crippen molar-refractivity contribution < 1.29 is 19.4 Å². The first-order chi connectivity index (χ1) is 8.93. The molecule has 2 amide bonds. The highest BCUT2D eigenvalue weighted by atomic mass is 16.5. The van der Waals surface area contributed by atoms with Gasteiger partial charge in [-0.1, -0.05) is 0 Å². The average Bonchev–Trinajstić information content (AvgIpc) is 2.71. The van der Waals surface area contributed by atoms with Crippen molar-refractivity contribution in [1.82, 2.24) is 10.2 Å². The van der Waals surface area contributed by atoms with Gasteiger partial charge >= 0.3 is 12.0 Å². The second-order valence-electron chi connectivity index (χ2n) is 5.81. The highest BCUT2D eigenvalue weighted by molar-refractivity contribution is 5.78. The molecule has 2 fully saturated rings. The molecule has 0 aliphatic carbocycles. The number of hydrogen-bond acceptors (Lipinski definition) is 3. The third-order valence-electron chi connectivity index (χ3n) is 4.18. The van der Waals surface area contributed by atoms with E-state index < -0.39 is 11.9 Å². The first kappa shape index (κ1) is 14.1. The molecule has 6 nitrogen and oxygen atoms in total. The molecule has 6 heteroatoms. The number of carbonyl (C=O) groups excluding carboxylic acids is 1. The lowest BCUT2D eigenvalue weighted by molar-refractivity contribution is -0.142. The predicted molar refractivity (Wildman–Crippen MR) is 68.9 cm³/mol. The predicted octanol–water partition coefficient (Wildman–Crippen LogP) is 1.06. The summed E-state index contributed by atoms with van der Waals surface area (Å²) in [7, 11) is 0. The number of carboxylic acid groups (broad SMARTS) is 1. The molecule has 0 spiro atoms. The van der Waals surface area contributed by atoms with E-state index in [1.54, 1.807) is 11.8 Å². The van der Waals surface area contributed by atoms with Gasteiger partial charge in [-0.3, -0.25) is 4.79 Å². The molecule has 0 aromatic heterocycles. The summed E-state index contributed by atoms with van der Waals surface area (Å²) >= 11 is 0. The van der Waals surface area contributed by atoms with Crippen molar-refractivity contribution in [2.75, 3.05) is 19.8 Å². The zero-order chi connectivity index (χ0) is 14.0.